The first kappa shape index (κ1) is 13.7. The van der Waals surface area contributed by atoms with E-state index in [2.05, 4.69) is 22.1 Å². The largest absolute Gasteiger partial charge is 0.376 e. The Labute approximate surface area is 119 Å². The lowest BCUT2D eigenvalue weighted by Crippen LogP contribution is -2.14. The molecule has 1 atom stereocenters. The van der Waals surface area contributed by atoms with Gasteiger partial charge in [-0.25, -0.2) is 0 Å². The maximum Gasteiger partial charge on any atom is 0.0768 e. The highest BCUT2D eigenvalue weighted by Crippen LogP contribution is 2.27. The molecule has 1 aromatic carbocycles. The molecular weight excluding hydrogens is 258 g/mol. The second-order valence-corrected chi connectivity index (χ2v) is 5.14. The van der Waals surface area contributed by atoms with E-state index in [4.69, 9.17) is 11.6 Å². The minimum Gasteiger partial charge on any atom is -0.376 e. The zero-order valence-corrected chi connectivity index (χ0v) is 12.1. The number of hydrogen-bond donors (Lipinski definition) is 1. The molecule has 2 aromatic rings. The summed E-state index contributed by atoms with van der Waals surface area (Å²) in [5.41, 5.74) is 3.34. The van der Waals surface area contributed by atoms with Crippen LogP contribution in [0.3, 0.4) is 0 Å². The summed E-state index contributed by atoms with van der Waals surface area (Å²) in [6, 6.07) is 10.1. The lowest BCUT2D eigenvalue weighted by molar-refractivity contribution is 0.881. The van der Waals surface area contributed by atoms with Gasteiger partial charge in [0, 0.05) is 31.4 Å². The van der Waals surface area contributed by atoms with Gasteiger partial charge >= 0.3 is 0 Å². The molecule has 0 saturated carbocycles. The first-order valence-electron chi connectivity index (χ1n) is 6.21. The number of rotatable bonds is 4. The minimum atomic E-state index is 0.195. The summed E-state index contributed by atoms with van der Waals surface area (Å²) in [5, 5.41) is 4.24. The SMILES string of the molecule is CC(Nc1cnccc1N(C)C)c1ccc(Cl)cc1. The van der Waals surface area contributed by atoms with Crippen LogP contribution in [-0.4, -0.2) is 19.1 Å². The van der Waals surface area contributed by atoms with Crippen LogP contribution >= 0.6 is 11.6 Å². The molecule has 0 bridgehead atoms. The van der Waals surface area contributed by atoms with Gasteiger partial charge in [-0.1, -0.05) is 23.7 Å². The molecule has 1 aromatic heterocycles. The molecule has 1 heterocycles. The third-order valence-corrected chi connectivity index (χ3v) is 3.27. The van der Waals surface area contributed by atoms with Crippen LogP contribution in [0.15, 0.2) is 42.7 Å². The molecule has 0 aliphatic rings. The topological polar surface area (TPSA) is 28.2 Å². The van der Waals surface area contributed by atoms with Gasteiger partial charge in [-0.05, 0) is 30.7 Å². The van der Waals surface area contributed by atoms with E-state index in [0.29, 0.717) is 0 Å². The minimum absolute atomic E-state index is 0.195. The lowest BCUT2D eigenvalue weighted by atomic mass is 10.1. The Balaban J connectivity index is 2.19. The van der Waals surface area contributed by atoms with Gasteiger partial charge in [0.25, 0.3) is 0 Å². The molecule has 1 N–H and O–H groups in total. The quantitative estimate of drug-likeness (QED) is 0.915. The van der Waals surface area contributed by atoms with Gasteiger partial charge in [-0.2, -0.15) is 0 Å². The molecule has 2 rings (SSSR count). The van der Waals surface area contributed by atoms with Crippen molar-refractivity contribution in [3.05, 3.63) is 53.3 Å². The van der Waals surface area contributed by atoms with Crippen LogP contribution in [0, 0.1) is 0 Å². The van der Waals surface area contributed by atoms with Crippen LogP contribution in [-0.2, 0) is 0 Å². The van der Waals surface area contributed by atoms with E-state index >= 15 is 0 Å². The average Bonchev–Trinajstić information content (AvgIpc) is 2.39. The van der Waals surface area contributed by atoms with Crippen molar-refractivity contribution in [2.45, 2.75) is 13.0 Å². The lowest BCUT2D eigenvalue weighted by Gasteiger charge is -2.21. The fourth-order valence-electron chi connectivity index (χ4n) is 1.96. The van der Waals surface area contributed by atoms with Gasteiger partial charge < -0.3 is 10.2 Å². The Kier molecular flexibility index (Phi) is 4.27. The fourth-order valence-corrected chi connectivity index (χ4v) is 2.08. The van der Waals surface area contributed by atoms with Crippen molar-refractivity contribution in [3.63, 3.8) is 0 Å². The Hall–Kier alpha value is -1.74. The number of aromatic nitrogens is 1. The molecule has 0 radical (unpaired) electrons. The number of nitrogens with one attached hydrogen (secondary N) is 1. The highest BCUT2D eigenvalue weighted by molar-refractivity contribution is 6.30. The van der Waals surface area contributed by atoms with E-state index in [-0.39, 0.29) is 6.04 Å². The van der Waals surface area contributed by atoms with E-state index in [0.717, 1.165) is 16.4 Å². The number of benzene rings is 1. The number of nitrogens with zero attached hydrogens (tertiary/aromatic N) is 2. The van der Waals surface area contributed by atoms with Gasteiger partial charge in [-0.3, -0.25) is 4.98 Å². The van der Waals surface area contributed by atoms with Gasteiger partial charge in [0.05, 0.1) is 17.6 Å². The molecule has 100 valence electrons. The number of halogens is 1. The van der Waals surface area contributed by atoms with Crippen LogP contribution in [0.25, 0.3) is 0 Å². The van der Waals surface area contributed by atoms with Gasteiger partial charge in [-0.15, -0.1) is 0 Å². The molecular formula is C15H18ClN3. The number of anilines is 2. The summed E-state index contributed by atoms with van der Waals surface area (Å²) < 4.78 is 0. The van der Waals surface area contributed by atoms with Crippen molar-refractivity contribution >= 4 is 23.0 Å². The van der Waals surface area contributed by atoms with Crippen LogP contribution in [0.2, 0.25) is 5.02 Å². The summed E-state index contributed by atoms with van der Waals surface area (Å²) in [4.78, 5) is 6.25. The molecule has 0 saturated heterocycles. The van der Waals surface area contributed by atoms with Crippen molar-refractivity contribution < 1.29 is 0 Å². The molecule has 4 heteroatoms. The predicted molar refractivity (Wildman–Crippen MR) is 82.1 cm³/mol. The summed E-state index contributed by atoms with van der Waals surface area (Å²) in [5.74, 6) is 0. The molecule has 0 aliphatic heterocycles. The van der Waals surface area contributed by atoms with E-state index in [1.54, 1.807) is 6.20 Å². The zero-order valence-electron chi connectivity index (χ0n) is 11.4. The Bertz CT molecular complexity index is 537. The third-order valence-electron chi connectivity index (χ3n) is 3.02. The first-order valence-corrected chi connectivity index (χ1v) is 6.59. The van der Waals surface area contributed by atoms with Crippen molar-refractivity contribution in [1.29, 1.82) is 0 Å². The Morgan fingerprint density at radius 3 is 2.47 bits per heavy atom. The highest BCUT2D eigenvalue weighted by Gasteiger charge is 2.09. The third kappa shape index (κ3) is 3.38. The van der Waals surface area contributed by atoms with E-state index < -0.39 is 0 Å². The molecule has 19 heavy (non-hydrogen) atoms. The van der Waals surface area contributed by atoms with Crippen molar-refractivity contribution in [2.24, 2.45) is 0 Å². The van der Waals surface area contributed by atoms with Gasteiger partial charge in [0.2, 0.25) is 0 Å². The van der Waals surface area contributed by atoms with Crippen LogP contribution in [0.1, 0.15) is 18.5 Å². The predicted octanol–water partition coefficient (Wildman–Crippen LogP) is 3.97. The van der Waals surface area contributed by atoms with Crippen LogP contribution in [0.4, 0.5) is 11.4 Å². The highest BCUT2D eigenvalue weighted by atomic mass is 35.5. The number of hydrogen-bond acceptors (Lipinski definition) is 3. The van der Waals surface area contributed by atoms with Crippen molar-refractivity contribution in [3.8, 4) is 0 Å². The second-order valence-electron chi connectivity index (χ2n) is 4.70. The van der Waals surface area contributed by atoms with Gasteiger partial charge in [0.15, 0.2) is 0 Å². The van der Waals surface area contributed by atoms with E-state index in [1.807, 2.05) is 50.6 Å². The van der Waals surface area contributed by atoms with Crippen molar-refractivity contribution in [2.75, 3.05) is 24.3 Å². The monoisotopic (exact) mass is 275 g/mol. The van der Waals surface area contributed by atoms with Crippen molar-refractivity contribution in [1.82, 2.24) is 4.98 Å². The number of pyridine rings is 1. The summed E-state index contributed by atoms with van der Waals surface area (Å²) in [7, 11) is 4.04. The zero-order chi connectivity index (χ0) is 13.8. The summed E-state index contributed by atoms with van der Waals surface area (Å²) in [6.45, 7) is 2.12. The Morgan fingerprint density at radius 1 is 1.16 bits per heavy atom. The first-order chi connectivity index (χ1) is 9.08. The molecule has 0 fully saturated rings. The van der Waals surface area contributed by atoms with E-state index in [1.165, 1.54) is 5.56 Å². The molecule has 1 unspecified atom stereocenters. The molecule has 0 amide bonds. The van der Waals surface area contributed by atoms with E-state index in [9.17, 15) is 0 Å². The summed E-state index contributed by atoms with van der Waals surface area (Å²) >= 11 is 5.91. The average molecular weight is 276 g/mol. The molecule has 3 nitrogen and oxygen atoms in total. The summed E-state index contributed by atoms with van der Waals surface area (Å²) in [6.07, 6.45) is 3.65. The Morgan fingerprint density at radius 2 is 1.84 bits per heavy atom. The normalized spacial score (nSPS) is 12.0. The molecule has 0 spiro atoms. The standard InChI is InChI=1S/C15H18ClN3/c1-11(12-4-6-13(16)7-5-12)18-14-10-17-9-8-15(14)19(2)3/h4-11,18H,1-3H3. The fraction of sp³-hybridized carbons (Fsp3) is 0.267. The smallest absolute Gasteiger partial charge is 0.0768 e. The second kappa shape index (κ2) is 5.93. The maximum absolute atomic E-state index is 5.91. The van der Waals surface area contributed by atoms with Gasteiger partial charge in [0.1, 0.15) is 0 Å². The van der Waals surface area contributed by atoms with Crippen LogP contribution < -0.4 is 10.2 Å². The van der Waals surface area contributed by atoms with Crippen LogP contribution in [0.5, 0.6) is 0 Å². The maximum atomic E-state index is 5.91. The molecule has 0 aliphatic carbocycles.